The van der Waals surface area contributed by atoms with Gasteiger partial charge in [-0.15, -0.1) is 10.2 Å². The molecule has 2 fully saturated rings. The zero-order chi connectivity index (χ0) is 26.2. The third-order valence-corrected chi connectivity index (χ3v) is 6.43. The first-order chi connectivity index (χ1) is 16.7. The Kier molecular flexibility index (Phi) is 5.11. The van der Waals surface area contributed by atoms with Crippen molar-refractivity contribution in [2.45, 2.75) is 43.9 Å². The second-order valence-corrected chi connectivity index (χ2v) is 8.61. The summed E-state index contributed by atoms with van der Waals surface area (Å²) in [5.41, 5.74) is -1.76. The summed E-state index contributed by atoms with van der Waals surface area (Å²) in [6.07, 6.45) is -13.6. The summed E-state index contributed by atoms with van der Waals surface area (Å²) in [5.74, 6) is -4.22. The number of alkyl halides is 6. The van der Waals surface area contributed by atoms with Gasteiger partial charge < -0.3 is 14.1 Å². The van der Waals surface area contributed by atoms with E-state index >= 15 is 0 Å². The van der Waals surface area contributed by atoms with Crippen LogP contribution < -0.4 is 15.5 Å². The first kappa shape index (κ1) is 24.0. The molecule has 3 aliphatic rings. The van der Waals surface area contributed by atoms with Gasteiger partial charge in [0, 0.05) is 11.3 Å². The fourth-order valence-corrected chi connectivity index (χ4v) is 5.01. The number of nitrogens with one attached hydrogen (secondary N) is 2. The van der Waals surface area contributed by atoms with Crippen LogP contribution in [0.3, 0.4) is 0 Å². The number of benzene rings is 1. The van der Waals surface area contributed by atoms with Crippen LogP contribution in [-0.2, 0) is 26.9 Å². The van der Waals surface area contributed by atoms with E-state index in [1.807, 2.05) is 10.6 Å². The number of halogens is 6. The van der Waals surface area contributed by atoms with Crippen molar-refractivity contribution in [1.82, 2.24) is 20.8 Å². The second kappa shape index (κ2) is 7.65. The van der Waals surface area contributed by atoms with E-state index in [2.05, 4.69) is 14.6 Å². The van der Waals surface area contributed by atoms with Gasteiger partial charge in [0.05, 0.1) is 18.7 Å². The van der Waals surface area contributed by atoms with E-state index < -0.39 is 78.6 Å². The normalized spacial score (nSPS) is 25.8. The molecule has 2 unspecified atom stereocenters. The maximum Gasteiger partial charge on any atom is 0.470 e. The third-order valence-electron chi connectivity index (χ3n) is 6.43. The molecule has 2 N–H and O–H groups in total. The van der Waals surface area contributed by atoms with Gasteiger partial charge >= 0.3 is 24.3 Å². The molecule has 0 saturated carbocycles. The lowest BCUT2D eigenvalue weighted by Gasteiger charge is -2.55. The Balaban J connectivity index is 1.64. The smallest absolute Gasteiger partial charge is 0.413 e. The summed E-state index contributed by atoms with van der Waals surface area (Å²) in [7, 11) is 0. The van der Waals surface area contributed by atoms with Gasteiger partial charge in [0.25, 0.3) is 0 Å². The molecule has 4 amide bonds. The van der Waals surface area contributed by atoms with E-state index in [9.17, 15) is 40.7 Å². The Morgan fingerprint density at radius 1 is 1.06 bits per heavy atom. The first-order valence-corrected chi connectivity index (χ1v) is 10.4. The molecule has 3 aliphatic heterocycles. The van der Waals surface area contributed by atoms with E-state index in [0.717, 1.165) is 0 Å². The number of carbonyl (C=O) groups is 3. The average molecular weight is 519 g/mol. The van der Waals surface area contributed by atoms with Crippen LogP contribution in [0.1, 0.15) is 18.4 Å². The van der Waals surface area contributed by atoms with Crippen LogP contribution in [0, 0.1) is 5.41 Å². The molecule has 1 aromatic carbocycles. The first-order valence-electron chi connectivity index (χ1n) is 10.4. The number of imide groups is 2. The van der Waals surface area contributed by atoms with Crippen molar-refractivity contribution in [3.05, 3.63) is 29.7 Å². The van der Waals surface area contributed by atoms with Crippen molar-refractivity contribution in [3.8, 4) is 11.5 Å². The van der Waals surface area contributed by atoms with Gasteiger partial charge in [-0.05, 0) is 37.1 Å². The van der Waals surface area contributed by atoms with Crippen molar-refractivity contribution in [1.29, 1.82) is 0 Å². The molecule has 4 heterocycles. The summed E-state index contributed by atoms with van der Waals surface area (Å²) in [5, 5.41) is 10.3. The van der Waals surface area contributed by atoms with Crippen LogP contribution in [-0.4, -0.2) is 59.0 Å². The SMILES string of the molecule is CC1OC(C(F)(F)F)CN2c3ccc(-c4nnc(C(F)(F)F)o4)cc3CC3(C(=O)NC(=O)NC3=O)[C@@H]12. The van der Waals surface area contributed by atoms with E-state index in [1.54, 1.807) is 0 Å². The minimum atomic E-state index is -4.90. The van der Waals surface area contributed by atoms with Gasteiger partial charge in [0.1, 0.15) is 0 Å². The zero-order valence-electron chi connectivity index (χ0n) is 18.0. The van der Waals surface area contributed by atoms with Crippen LogP contribution in [0.5, 0.6) is 0 Å². The number of urea groups is 1. The van der Waals surface area contributed by atoms with E-state index in [0.29, 0.717) is 0 Å². The molecular formula is C20H15F6N5O5. The number of aromatic nitrogens is 2. The lowest BCUT2D eigenvalue weighted by molar-refractivity contribution is -0.242. The fourth-order valence-electron chi connectivity index (χ4n) is 5.01. The number of rotatable bonds is 1. The molecule has 2 aromatic rings. The van der Waals surface area contributed by atoms with Crippen LogP contribution in [0.4, 0.5) is 36.8 Å². The summed E-state index contributed by atoms with van der Waals surface area (Å²) < 4.78 is 89.3. The molecule has 0 bridgehead atoms. The second-order valence-electron chi connectivity index (χ2n) is 8.61. The monoisotopic (exact) mass is 519 g/mol. The molecule has 16 heteroatoms. The number of hydrogen-bond acceptors (Lipinski definition) is 8. The number of hydrogen-bond donors (Lipinski definition) is 2. The highest BCUT2D eigenvalue weighted by atomic mass is 19.4. The highest BCUT2D eigenvalue weighted by Crippen LogP contribution is 2.48. The topological polar surface area (TPSA) is 127 Å². The maximum atomic E-state index is 13.6. The molecule has 5 rings (SSSR count). The lowest BCUT2D eigenvalue weighted by Crippen LogP contribution is -2.76. The number of fused-ring (bicyclic) bond motifs is 4. The minimum Gasteiger partial charge on any atom is -0.413 e. The molecule has 36 heavy (non-hydrogen) atoms. The molecule has 3 atom stereocenters. The van der Waals surface area contributed by atoms with Gasteiger partial charge in [-0.25, -0.2) is 4.79 Å². The van der Waals surface area contributed by atoms with Crippen LogP contribution in [0.2, 0.25) is 0 Å². The molecule has 0 aliphatic carbocycles. The molecular weight excluding hydrogens is 504 g/mol. The number of nitrogens with zero attached hydrogens (tertiary/aromatic N) is 3. The number of amides is 4. The molecule has 1 spiro atoms. The van der Waals surface area contributed by atoms with Gasteiger partial charge in [-0.1, -0.05) is 0 Å². The quantitative estimate of drug-likeness (QED) is 0.434. The molecule has 10 nitrogen and oxygen atoms in total. The van der Waals surface area contributed by atoms with Crippen LogP contribution in [0.25, 0.3) is 11.5 Å². The van der Waals surface area contributed by atoms with Crippen molar-refractivity contribution >= 4 is 23.5 Å². The van der Waals surface area contributed by atoms with Crippen molar-refractivity contribution in [3.63, 3.8) is 0 Å². The highest BCUT2D eigenvalue weighted by molar-refractivity contribution is 6.20. The summed E-state index contributed by atoms with van der Waals surface area (Å²) in [6, 6.07) is 1.53. The molecule has 1 aromatic heterocycles. The van der Waals surface area contributed by atoms with Gasteiger partial charge in [-0.3, -0.25) is 20.2 Å². The van der Waals surface area contributed by atoms with Gasteiger partial charge in [0.2, 0.25) is 17.7 Å². The van der Waals surface area contributed by atoms with Crippen molar-refractivity contribution in [2.75, 3.05) is 11.4 Å². The Morgan fingerprint density at radius 2 is 1.72 bits per heavy atom. The fraction of sp³-hybridized carbons (Fsp3) is 0.450. The van der Waals surface area contributed by atoms with Crippen LogP contribution >= 0.6 is 0 Å². The highest BCUT2D eigenvalue weighted by Gasteiger charge is 2.64. The summed E-state index contributed by atoms with van der Waals surface area (Å²) >= 11 is 0. The standard InChI is InChI=1S/C20H15F6N5O5/c1-7-12-18(14(32)27-17(34)28-15(18)33)5-9-4-8(13-29-30-16(36-13)20(24,25)26)2-3-10(9)31(12)6-11(35-7)19(21,22)23/h2-4,7,11-12H,5-6H2,1H3,(H2,27,28,32,33,34)/t7?,11?,12-/m1/s1. The summed E-state index contributed by atoms with van der Waals surface area (Å²) in [4.78, 5) is 39.1. The third kappa shape index (κ3) is 3.58. The number of ether oxygens (including phenoxy) is 1. The Morgan fingerprint density at radius 3 is 2.31 bits per heavy atom. The van der Waals surface area contributed by atoms with Crippen LogP contribution in [0.15, 0.2) is 22.6 Å². The zero-order valence-corrected chi connectivity index (χ0v) is 18.0. The summed E-state index contributed by atoms with van der Waals surface area (Å²) in [6.45, 7) is 0.505. The number of anilines is 1. The predicted octanol–water partition coefficient (Wildman–Crippen LogP) is 2.19. The van der Waals surface area contributed by atoms with Crippen molar-refractivity contribution in [2.24, 2.45) is 5.41 Å². The Labute approximate surface area is 197 Å². The van der Waals surface area contributed by atoms with Gasteiger partial charge in [-0.2, -0.15) is 26.3 Å². The van der Waals surface area contributed by atoms with E-state index in [4.69, 9.17) is 4.74 Å². The molecule has 0 radical (unpaired) electrons. The number of barbiturate groups is 1. The number of morpholine rings is 1. The average Bonchev–Trinajstić information content (AvgIpc) is 3.27. The Bertz CT molecular complexity index is 1250. The van der Waals surface area contributed by atoms with E-state index in [-0.39, 0.29) is 16.8 Å². The largest absolute Gasteiger partial charge is 0.470 e. The lowest BCUT2D eigenvalue weighted by atomic mass is 9.66. The Hall–Kier alpha value is -3.69. The maximum absolute atomic E-state index is 13.6. The predicted molar refractivity (Wildman–Crippen MR) is 104 cm³/mol. The minimum absolute atomic E-state index is 0.0215. The molecule has 192 valence electrons. The van der Waals surface area contributed by atoms with Gasteiger partial charge in [0.15, 0.2) is 11.5 Å². The van der Waals surface area contributed by atoms with E-state index in [1.165, 1.54) is 30.0 Å². The number of carbonyl (C=O) groups excluding carboxylic acids is 3. The van der Waals surface area contributed by atoms with Crippen molar-refractivity contribution < 1.29 is 49.9 Å². The molecule has 2 saturated heterocycles.